The van der Waals surface area contributed by atoms with Gasteiger partial charge in [0.1, 0.15) is 0 Å². The molecule has 0 radical (unpaired) electrons. The Hall–Kier alpha value is -1.69. The smallest absolute Gasteiger partial charge is 0.418 e. The normalized spacial score (nSPS) is 11.6. The predicted octanol–water partition coefficient (Wildman–Crippen LogP) is 7.26. The zero-order chi connectivity index (χ0) is 31.8. The van der Waals surface area contributed by atoms with Crippen LogP contribution in [0.2, 0.25) is 0 Å². The van der Waals surface area contributed by atoms with Gasteiger partial charge in [0, 0.05) is 0 Å². The first-order chi connectivity index (χ1) is 17.1. The highest BCUT2D eigenvalue weighted by Gasteiger charge is 2.22. The van der Waals surface area contributed by atoms with Crippen LogP contribution < -0.4 is 21.2 Å². The minimum absolute atomic E-state index is 0.0560. The van der Waals surface area contributed by atoms with Crippen molar-refractivity contribution in [3.63, 3.8) is 0 Å². The zero-order valence-electron chi connectivity index (χ0n) is 20.5. The molecule has 2 rings (SSSR count). The van der Waals surface area contributed by atoms with Crippen LogP contribution in [-0.4, -0.2) is 29.0 Å². The van der Waals surface area contributed by atoms with Crippen molar-refractivity contribution in [1.82, 2.24) is 0 Å². The molecule has 0 N–H and O–H groups in total. The molecule has 2 aromatic carbocycles. The third-order valence-corrected chi connectivity index (χ3v) is 5.81. The van der Waals surface area contributed by atoms with E-state index in [1.54, 1.807) is 3.57 Å². The highest BCUT2D eigenvalue weighted by Crippen LogP contribution is 2.20. The molecule has 0 aliphatic heterocycles. The molecule has 0 atom stereocenters. The van der Waals surface area contributed by atoms with Crippen molar-refractivity contribution < 1.29 is 90.3 Å². The highest BCUT2D eigenvalue weighted by molar-refractivity contribution is 6.50. The van der Waals surface area contributed by atoms with Gasteiger partial charge in [0.05, 0.1) is 0 Å². The monoisotopic (exact) mass is 713 g/mol. The Morgan fingerprint density at radius 1 is 0.436 bits per heavy atom. The number of hydrogen-bond acceptors (Lipinski definition) is 0. The van der Waals surface area contributed by atoms with E-state index in [4.69, 9.17) is 0 Å². The molecule has 0 fully saturated rings. The van der Waals surface area contributed by atoms with Crippen molar-refractivity contribution in [2.24, 2.45) is 0 Å². The van der Waals surface area contributed by atoms with Crippen LogP contribution in [0.3, 0.4) is 0 Å². The van der Waals surface area contributed by atoms with E-state index in [2.05, 4.69) is 76.2 Å². The molecule has 0 aliphatic carbocycles. The van der Waals surface area contributed by atoms with Crippen LogP contribution in [0.4, 0.5) is 69.1 Å². The molecule has 0 saturated carbocycles. The van der Waals surface area contributed by atoms with E-state index in [-0.39, 0.29) is 21.2 Å². The van der Waals surface area contributed by atoms with Crippen molar-refractivity contribution >= 4 is 29.0 Å². The summed E-state index contributed by atoms with van der Waals surface area (Å²) in [5, 5.41) is 0. The summed E-state index contributed by atoms with van der Waals surface area (Å²) in [7, 11) is -24.0. The second-order valence-corrected chi connectivity index (χ2v) is 10.5. The van der Waals surface area contributed by atoms with E-state index in [1.165, 1.54) is 14.7 Å². The summed E-state index contributed by atoms with van der Waals surface area (Å²) in [5.41, 5.74) is 2.97. The maximum Gasteiger partial charge on any atom is 0.673 e. The molecular weight excluding hydrogens is 690 g/mol. The lowest BCUT2D eigenvalue weighted by Gasteiger charge is -2.10. The fourth-order valence-corrected chi connectivity index (χ4v) is 4.49. The van der Waals surface area contributed by atoms with Crippen molar-refractivity contribution in [3.05, 3.63) is 66.8 Å². The second kappa shape index (κ2) is 18.6. The minimum atomic E-state index is -6.00. The number of hydrogen-bond donors (Lipinski definition) is 0. The predicted molar refractivity (Wildman–Crippen MR) is 119 cm³/mol. The lowest BCUT2D eigenvalue weighted by atomic mass is 9.96. The van der Waals surface area contributed by atoms with Gasteiger partial charge in [-0.15, -0.1) is 0 Å². The molecule has 228 valence electrons. The first kappa shape index (κ1) is 41.8. The minimum Gasteiger partial charge on any atom is -0.418 e. The Kier molecular flexibility index (Phi) is 19.9. The molecular formula is C18H22B4F16I-3. The quantitative estimate of drug-likeness (QED) is 0.178. The first-order valence-electron chi connectivity index (χ1n) is 10.4. The topological polar surface area (TPSA) is 0 Å². The summed E-state index contributed by atoms with van der Waals surface area (Å²) in [6.45, 7) is 9.13. The molecule has 0 amide bonds. The molecule has 0 heterocycles. The van der Waals surface area contributed by atoms with E-state index in [0.29, 0.717) is 11.8 Å². The molecule has 0 aliphatic rings. The van der Waals surface area contributed by atoms with Crippen LogP contribution in [0.1, 0.15) is 50.7 Å². The van der Waals surface area contributed by atoms with Gasteiger partial charge in [-0.25, -0.2) is 0 Å². The summed E-state index contributed by atoms with van der Waals surface area (Å²) < 4.78 is 159. The van der Waals surface area contributed by atoms with E-state index >= 15 is 0 Å². The summed E-state index contributed by atoms with van der Waals surface area (Å²) in [6, 6.07) is 18.1. The van der Waals surface area contributed by atoms with Crippen LogP contribution >= 0.6 is 0 Å². The van der Waals surface area contributed by atoms with Crippen LogP contribution in [-0.2, 0) is 0 Å². The summed E-state index contributed by atoms with van der Waals surface area (Å²) >= 11 is -0.0560. The molecule has 39 heavy (non-hydrogen) atoms. The SMILES string of the molecule is CC(C)c1cc([I+]c2ccccc2)cc(C(C)C)c1.F[B-](F)(F)F.F[B-](F)(F)F.F[B-](F)(F)F.F[B-](F)(F)F. The molecule has 0 bridgehead atoms. The van der Waals surface area contributed by atoms with Gasteiger partial charge >= 0.3 is 50.2 Å². The standard InChI is InChI=1S/C18H22I.4BF4/c1-13(2)15-10-16(14(3)4)12-18(11-15)19-17-8-6-5-7-9-17;4*2-1(3,4)5/h5-14H,1-4H3;;;;/q+1;4*-1. The van der Waals surface area contributed by atoms with Crippen LogP contribution in [0.5, 0.6) is 0 Å². The molecule has 21 heteroatoms. The van der Waals surface area contributed by atoms with E-state index in [0.717, 1.165) is 0 Å². The number of halogens is 17. The van der Waals surface area contributed by atoms with Gasteiger partial charge in [0.2, 0.25) is 0 Å². The maximum absolute atomic E-state index is 9.75. The molecule has 0 nitrogen and oxygen atoms in total. The fraction of sp³-hybridized carbons (Fsp3) is 0.333. The van der Waals surface area contributed by atoms with Crippen molar-refractivity contribution in [1.29, 1.82) is 0 Å². The number of rotatable bonds is 4. The Labute approximate surface area is 225 Å². The average molecular weight is 712 g/mol. The third-order valence-electron chi connectivity index (χ3n) is 3.23. The van der Waals surface area contributed by atoms with Gasteiger partial charge in [0.25, 0.3) is 0 Å². The van der Waals surface area contributed by atoms with Gasteiger partial charge in [-0.2, -0.15) is 0 Å². The molecule has 2 aromatic rings. The van der Waals surface area contributed by atoms with E-state index < -0.39 is 29.0 Å². The summed E-state index contributed by atoms with van der Waals surface area (Å²) in [5.74, 6) is 1.22. The first-order valence-corrected chi connectivity index (χ1v) is 12.6. The van der Waals surface area contributed by atoms with Crippen LogP contribution in [0.15, 0.2) is 48.5 Å². The van der Waals surface area contributed by atoms with Gasteiger partial charge in [-0.3, -0.25) is 0 Å². The third kappa shape index (κ3) is 46.5. The van der Waals surface area contributed by atoms with Crippen molar-refractivity contribution in [2.75, 3.05) is 0 Å². The molecule has 0 spiro atoms. The lowest BCUT2D eigenvalue weighted by molar-refractivity contribution is -0.597. The fourth-order valence-electron chi connectivity index (χ4n) is 1.96. The van der Waals surface area contributed by atoms with Crippen LogP contribution in [0.25, 0.3) is 0 Å². The second-order valence-electron chi connectivity index (χ2n) is 7.50. The largest absolute Gasteiger partial charge is 0.673 e. The Bertz CT molecular complexity index is 799. The molecule has 0 saturated heterocycles. The van der Waals surface area contributed by atoms with Gasteiger partial charge in [0.15, 0.2) is 7.14 Å². The average Bonchev–Trinajstić information content (AvgIpc) is 2.63. The Morgan fingerprint density at radius 2 is 0.692 bits per heavy atom. The van der Waals surface area contributed by atoms with Crippen molar-refractivity contribution in [3.8, 4) is 0 Å². The van der Waals surface area contributed by atoms with Gasteiger partial charge in [-0.05, 0) is 47.2 Å². The Balaban J connectivity index is -0.000000529. The Morgan fingerprint density at radius 3 is 0.923 bits per heavy atom. The number of benzene rings is 2. The summed E-state index contributed by atoms with van der Waals surface area (Å²) in [6.07, 6.45) is 0. The lowest BCUT2D eigenvalue weighted by Crippen LogP contribution is -3.61. The zero-order valence-corrected chi connectivity index (χ0v) is 22.7. The van der Waals surface area contributed by atoms with Crippen LogP contribution in [0, 0.1) is 7.14 Å². The summed E-state index contributed by atoms with van der Waals surface area (Å²) in [4.78, 5) is 0. The molecule has 0 aromatic heterocycles. The maximum atomic E-state index is 9.75. The van der Waals surface area contributed by atoms with E-state index in [9.17, 15) is 69.1 Å². The molecule has 0 unspecified atom stereocenters. The van der Waals surface area contributed by atoms with Crippen molar-refractivity contribution in [2.45, 2.75) is 39.5 Å². The van der Waals surface area contributed by atoms with Gasteiger partial charge in [-0.1, -0.05) is 52.0 Å². The van der Waals surface area contributed by atoms with E-state index in [1.807, 2.05) is 0 Å². The highest BCUT2D eigenvalue weighted by atomic mass is 127. The van der Waals surface area contributed by atoms with Gasteiger partial charge < -0.3 is 69.1 Å².